The molecule has 0 spiro atoms. The molecule has 0 bridgehead atoms. The van der Waals surface area contributed by atoms with Gasteiger partial charge in [-0.05, 0) is 18.4 Å². The molecule has 0 aliphatic carbocycles. The molecule has 1 N–H and O–H groups in total. The maximum Gasteiger partial charge on any atom is 0.150 e. The van der Waals surface area contributed by atoms with Crippen molar-refractivity contribution in [2.75, 3.05) is 5.32 Å². The van der Waals surface area contributed by atoms with E-state index >= 15 is 0 Å². The fourth-order valence-electron chi connectivity index (χ4n) is 1.81. The summed E-state index contributed by atoms with van der Waals surface area (Å²) >= 11 is 0. The van der Waals surface area contributed by atoms with Crippen molar-refractivity contribution in [3.05, 3.63) is 54.6 Å². The Hall–Kier alpha value is -2.49. The van der Waals surface area contributed by atoms with Crippen molar-refractivity contribution in [2.45, 2.75) is 6.92 Å². The highest BCUT2D eigenvalue weighted by atomic mass is 15.1. The smallest absolute Gasteiger partial charge is 0.150 e. The number of aromatic nitrogens is 3. The van der Waals surface area contributed by atoms with Gasteiger partial charge in [0.05, 0.1) is 11.9 Å². The van der Waals surface area contributed by atoms with Gasteiger partial charge < -0.3 is 5.32 Å². The molecule has 0 fully saturated rings. The van der Waals surface area contributed by atoms with E-state index in [1.807, 2.05) is 37.4 Å². The van der Waals surface area contributed by atoms with Gasteiger partial charge >= 0.3 is 0 Å². The fraction of sp³-hybridized carbons (Fsp3) is 0.0714. The zero-order valence-corrected chi connectivity index (χ0v) is 9.96. The number of rotatable bonds is 2. The number of pyridine rings is 1. The molecular formula is C14H12N4. The third kappa shape index (κ3) is 2.13. The Morgan fingerprint density at radius 2 is 1.78 bits per heavy atom. The Labute approximate surface area is 105 Å². The van der Waals surface area contributed by atoms with E-state index in [-0.39, 0.29) is 0 Å². The Morgan fingerprint density at radius 1 is 0.944 bits per heavy atom. The zero-order chi connectivity index (χ0) is 12.4. The molecule has 0 saturated carbocycles. The fourth-order valence-corrected chi connectivity index (χ4v) is 1.81. The van der Waals surface area contributed by atoms with Gasteiger partial charge in [0.1, 0.15) is 11.6 Å². The molecule has 2 aromatic heterocycles. The van der Waals surface area contributed by atoms with Crippen LogP contribution in [0.25, 0.3) is 10.8 Å². The van der Waals surface area contributed by atoms with Crippen LogP contribution >= 0.6 is 0 Å². The van der Waals surface area contributed by atoms with Gasteiger partial charge in [0.25, 0.3) is 0 Å². The van der Waals surface area contributed by atoms with E-state index in [2.05, 4.69) is 26.3 Å². The van der Waals surface area contributed by atoms with E-state index in [1.54, 1.807) is 12.4 Å². The molecule has 0 radical (unpaired) electrons. The number of nitrogens with zero attached hydrogens (tertiary/aromatic N) is 3. The molecule has 4 heteroatoms. The van der Waals surface area contributed by atoms with E-state index in [9.17, 15) is 0 Å². The van der Waals surface area contributed by atoms with Gasteiger partial charge in [-0.3, -0.25) is 4.98 Å². The summed E-state index contributed by atoms with van der Waals surface area (Å²) in [5.74, 6) is 1.48. The molecule has 0 unspecified atom stereocenters. The number of benzene rings is 1. The second-order valence-corrected chi connectivity index (χ2v) is 4.09. The Kier molecular flexibility index (Phi) is 2.61. The molecule has 0 amide bonds. The molecule has 18 heavy (non-hydrogen) atoms. The highest BCUT2D eigenvalue weighted by Gasteiger charge is 2.00. The molecule has 0 saturated heterocycles. The second-order valence-electron chi connectivity index (χ2n) is 4.09. The van der Waals surface area contributed by atoms with Crippen molar-refractivity contribution in [1.29, 1.82) is 0 Å². The van der Waals surface area contributed by atoms with Crippen LogP contribution in [0.15, 0.2) is 48.9 Å². The minimum atomic E-state index is 0.706. The van der Waals surface area contributed by atoms with Gasteiger partial charge in [-0.25, -0.2) is 9.97 Å². The number of anilines is 2. The molecule has 1 aromatic carbocycles. The van der Waals surface area contributed by atoms with E-state index in [1.165, 1.54) is 0 Å². The van der Waals surface area contributed by atoms with Gasteiger partial charge in [0, 0.05) is 17.8 Å². The van der Waals surface area contributed by atoms with Crippen LogP contribution < -0.4 is 5.32 Å². The van der Waals surface area contributed by atoms with Crippen molar-refractivity contribution in [2.24, 2.45) is 0 Å². The first-order valence-electron chi connectivity index (χ1n) is 5.72. The topological polar surface area (TPSA) is 50.7 Å². The summed E-state index contributed by atoms with van der Waals surface area (Å²) in [5, 5.41) is 5.42. The van der Waals surface area contributed by atoms with E-state index in [0.29, 0.717) is 5.82 Å². The first-order chi connectivity index (χ1) is 8.81. The first-order valence-corrected chi connectivity index (χ1v) is 5.72. The third-order valence-corrected chi connectivity index (χ3v) is 2.64. The van der Waals surface area contributed by atoms with Gasteiger partial charge in [-0.15, -0.1) is 0 Å². The Bertz CT molecular complexity index is 694. The largest absolute Gasteiger partial charge is 0.324 e. The van der Waals surface area contributed by atoms with Crippen molar-refractivity contribution in [3.8, 4) is 0 Å². The zero-order valence-electron chi connectivity index (χ0n) is 9.96. The van der Waals surface area contributed by atoms with Crippen LogP contribution in [0.3, 0.4) is 0 Å². The minimum absolute atomic E-state index is 0.706. The van der Waals surface area contributed by atoms with E-state index in [0.717, 1.165) is 22.3 Å². The van der Waals surface area contributed by atoms with Gasteiger partial charge in [0.15, 0.2) is 0 Å². The number of aryl methyl sites for hydroxylation is 1. The molecule has 0 aliphatic heterocycles. The quantitative estimate of drug-likeness (QED) is 0.742. The molecule has 0 atom stereocenters. The SMILES string of the molecule is Cc1cncc(Nc2cc3ccccc3cn2)n1. The average Bonchev–Trinajstić information content (AvgIpc) is 2.39. The molecule has 3 aromatic rings. The normalized spacial score (nSPS) is 10.5. The highest BCUT2D eigenvalue weighted by Crippen LogP contribution is 2.18. The average molecular weight is 236 g/mol. The van der Waals surface area contributed by atoms with Crippen LogP contribution in [0.4, 0.5) is 11.6 Å². The predicted octanol–water partition coefficient (Wildman–Crippen LogP) is 3.08. The van der Waals surface area contributed by atoms with Gasteiger partial charge in [-0.1, -0.05) is 24.3 Å². The van der Waals surface area contributed by atoms with E-state index < -0.39 is 0 Å². The summed E-state index contributed by atoms with van der Waals surface area (Å²) in [6, 6.07) is 10.1. The van der Waals surface area contributed by atoms with Crippen LogP contribution in [0.1, 0.15) is 5.69 Å². The molecule has 0 aliphatic rings. The van der Waals surface area contributed by atoms with E-state index in [4.69, 9.17) is 0 Å². The number of nitrogens with one attached hydrogen (secondary N) is 1. The third-order valence-electron chi connectivity index (χ3n) is 2.64. The molecule has 88 valence electrons. The van der Waals surface area contributed by atoms with Crippen molar-refractivity contribution >= 4 is 22.4 Å². The summed E-state index contributed by atoms with van der Waals surface area (Å²) < 4.78 is 0. The Morgan fingerprint density at radius 3 is 2.61 bits per heavy atom. The molecule has 4 nitrogen and oxygen atoms in total. The first kappa shape index (κ1) is 10.7. The van der Waals surface area contributed by atoms with Crippen molar-refractivity contribution < 1.29 is 0 Å². The maximum absolute atomic E-state index is 4.35. The predicted molar refractivity (Wildman–Crippen MR) is 71.8 cm³/mol. The van der Waals surface area contributed by atoms with Crippen LogP contribution in [0.2, 0.25) is 0 Å². The Balaban J connectivity index is 1.95. The second kappa shape index (κ2) is 4.41. The lowest BCUT2D eigenvalue weighted by Crippen LogP contribution is -1.97. The van der Waals surface area contributed by atoms with Crippen LogP contribution in [0.5, 0.6) is 0 Å². The van der Waals surface area contributed by atoms with Crippen LogP contribution in [0, 0.1) is 6.92 Å². The molecule has 2 heterocycles. The summed E-state index contributed by atoms with van der Waals surface area (Å²) in [6.45, 7) is 1.91. The maximum atomic E-state index is 4.35. The number of hydrogen-bond donors (Lipinski definition) is 1. The van der Waals surface area contributed by atoms with Crippen LogP contribution in [-0.4, -0.2) is 15.0 Å². The summed E-state index contributed by atoms with van der Waals surface area (Å²) in [4.78, 5) is 12.8. The minimum Gasteiger partial charge on any atom is -0.324 e. The molecular weight excluding hydrogens is 224 g/mol. The lowest BCUT2D eigenvalue weighted by Gasteiger charge is -2.05. The van der Waals surface area contributed by atoms with Gasteiger partial charge in [-0.2, -0.15) is 0 Å². The lowest BCUT2D eigenvalue weighted by molar-refractivity contribution is 1.11. The summed E-state index contributed by atoms with van der Waals surface area (Å²) in [7, 11) is 0. The standard InChI is InChI=1S/C14H12N4/c1-10-7-15-9-14(17-10)18-13-6-11-4-2-3-5-12(11)8-16-13/h2-9H,1H3,(H,16,17,18). The monoisotopic (exact) mass is 236 g/mol. The van der Waals surface area contributed by atoms with Crippen molar-refractivity contribution in [1.82, 2.24) is 15.0 Å². The molecule has 3 rings (SSSR count). The number of fused-ring (bicyclic) bond motifs is 1. The highest BCUT2D eigenvalue weighted by molar-refractivity contribution is 5.84. The number of hydrogen-bond acceptors (Lipinski definition) is 4. The van der Waals surface area contributed by atoms with Crippen LogP contribution in [-0.2, 0) is 0 Å². The lowest BCUT2D eigenvalue weighted by atomic mass is 10.2. The summed E-state index contributed by atoms with van der Waals surface area (Å²) in [5.41, 5.74) is 0.876. The van der Waals surface area contributed by atoms with Crippen molar-refractivity contribution in [3.63, 3.8) is 0 Å². The van der Waals surface area contributed by atoms with Gasteiger partial charge in [0.2, 0.25) is 0 Å². The summed E-state index contributed by atoms with van der Waals surface area (Å²) in [6.07, 6.45) is 5.25.